The number of rotatable bonds is 5. The second-order valence-corrected chi connectivity index (χ2v) is 6.70. The van der Waals surface area contributed by atoms with Crippen LogP contribution in [0.5, 0.6) is 0 Å². The molecule has 1 amide bonds. The van der Waals surface area contributed by atoms with Gasteiger partial charge in [0.15, 0.2) is 9.84 Å². The lowest BCUT2D eigenvalue weighted by atomic mass is 10.2. The third-order valence-corrected chi connectivity index (χ3v) is 5.16. The Bertz CT molecular complexity index is 700. The first-order valence-electron chi connectivity index (χ1n) is 6.45. The van der Waals surface area contributed by atoms with Crippen molar-refractivity contribution >= 4 is 15.7 Å². The molecule has 1 atom stereocenters. The molecule has 110 valence electrons. The Balaban J connectivity index is 2.42. The predicted octanol–water partition coefficient (Wildman–Crippen LogP) is 1.73. The molecule has 0 saturated carbocycles. The first-order valence-corrected chi connectivity index (χ1v) is 8.00. The van der Waals surface area contributed by atoms with Crippen LogP contribution in [0.4, 0.5) is 0 Å². The fourth-order valence-electron chi connectivity index (χ4n) is 1.98. The normalized spacial score (nSPS) is 12.6. The molecule has 0 radical (unpaired) electrons. The molecule has 0 bridgehead atoms. The maximum absolute atomic E-state index is 12.8. The third-order valence-electron chi connectivity index (χ3n) is 3.04. The molecule has 0 unspecified atom stereocenters. The highest BCUT2D eigenvalue weighted by atomic mass is 32.2. The zero-order valence-corrected chi connectivity index (χ0v) is 12.4. The minimum atomic E-state index is -3.60. The molecule has 2 rings (SSSR count). The average molecular weight is 304 g/mol. The highest BCUT2D eigenvalue weighted by Gasteiger charge is 2.29. The topological polar surface area (TPSA) is 76.1 Å². The van der Waals surface area contributed by atoms with Crippen molar-refractivity contribution < 1.29 is 13.2 Å². The quantitative estimate of drug-likeness (QED) is 0.912. The van der Waals surface area contributed by atoms with Crippen LogP contribution in [-0.4, -0.2) is 25.9 Å². The number of amides is 1. The van der Waals surface area contributed by atoms with Crippen molar-refractivity contribution in [3.63, 3.8) is 0 Å². The molecule has 0 spiro atoms. The zero-order chi connectivity index (χ0) is 15.3. The van der Waals surface area contributed by atoms with Crippen LogP contribution in [0.1, 0.15) is 17.7 Å². The second-order valence-electron chi connectivity index (χ2n) is 4.57. The standard InChI is InChI=1S/C15H16N2O3S/c1-12(18)17-11-15(13-6-5-9-16-10-13)21(19,20)14-7-3-2-4-8-14/h2-10,15H,11H2,1H3,(H,17,18)/t15-/m0/s1. The van der Waals surface area contributed by atoms with Gasteiger partial charge in [0.2, 0.25) is 5.91 Å². The van der Waals surface area contributed by atoms with Gasteiger partial charge >= 0.3 is 0 Å². The van der Waals surface area contributed by atoms with Crippen LogP contribution < -0.4 is 5.32 Å². The number of nitrogens with zero attached hydrogens (tertiary/aromatic N) is 1. The molecular formula is C15H16N2O3S. The summed E-state index contributed by atoms with van der Waals surface area (Å²) in [6, 6.07) is 11.6. The number of benzene rings is 1. The van der Waals surface area contributed by atoms with Crippen LogP contribution in [0.2, 0.25) is 0 Å². The maximum Gasteiger partial charge on any atom is 0.216 e. The summed E-state index contributed by atoms with van der Waals surface area (Å²) in [5.41, 5.74) is 0.551. The number of pyridine rings is 1. The smallest absolute Gasteiger partial charge is 0.216 e. The van der Waals surface area contributed by atoms with Gasteiger partial charge in [0.1, 0.15) is 5.25 Å². The van der Waals surface area contributed by atoms with Gasteiger partial charge in [0.05, 0.1) is 4.90 Å². The number of hydrogen-bond donors (Lipinski definition) is 1. The minimum Gasteiger partial charge on any atom is -0.355 e. The molecule has 0 aliphatic rings. The Morgan fingerprint density at radius 3 is 2.48 bits per heavy atom. The Morgan fingerprint density at radius 2 is 1.90 bits per heavy atom. The summed E-state index contributed by atoms with van der Waals surface area (Å²) in [4.78, 5) is 15.3. The van der Waals surface area contributed by atoms with Gasteiger partial charge in [-0.25, -0.2) is 8.42 Å². The van der Waals surface area contributed by atoms with Crippen molar-refractivity contribution in [3.05, 3.63) is 60.4 Å². The van der Waals surface area contributed by atoms with E-state index < -0.39 is 15.1 Å². The van der Waals surface area contributed by atoms with E-state index in [4.69, 9.17) is 0 Å². The molecule has 1 N–H and O–H groups in total. The number of nitrogens with one attached hydrogen (secondary N) is 1. The van der Waals surface area contributed by atoms with E-state index in [9.17, 15) is 13.2 Å². The Hall–Kier alpha value is -2.21. The van der Waals surface area contributed by atoms with E-state index in [2.05, 4.69) is 10.3 Å². The van der Waals surface area contributed by atoms with E-state index in [-0.39, 0.29) is 17.3 Å². The monoisotopic (exact) mass is 304 g/mol. The third kappa shape index (κ3) is 3.66. The summed E-state index contributed by atoms with van der Waals surface area (Å²) in [6.45, 7) is 1.37. The Kier molecular flexibility index (Phi) is 4.70. The van der Waals surface area contributed by atoms with Gasteiger partial charge in [-0.2, -0.15) is 0 Å². The van der Waals surface area contributed by atoms with Gasteiger partial charge in [0, 0.05) is 25.9 Å². The summed E-state index contributed by atoms with van der Waals surface area (Å²) < 4.78 is 25.5. The number of aromatic nitrogens is 1. The molecule has 2 aromatic rings. The van der Waals surface area contributed by atoms with E-state index in [0.717, 1.165) is 0 Å². The second kappa shape index (κ2) is 6.49. The van der Waals surface area contributed by atoms with Crippen LogP contribution in [0.3, 0.4) is 0 Å². The lowest BCUT2D eigenvalue weighted by Gasteiger charge is -2.18. The number of sulfone groups is 1. The zero-order valence-electron chi connectivity index (χ0n) is 11.6. The largest absolute Gasteiger partial charge is 0.355 e. The summed E-state index contributed by atoms with van der Waals surface area (Å²) in [5.74, 6) is -0.271. The maximum atomic E-state index is 12.8. The van der Waals surface area contributed by atoms with Crippen LogP contribution in [0, 0.1) is 0 Å². The van der Waals surface area contributed by atoms with Crippen LogP contribution in [0.25, 0.3) is 0 Å². The van der Waals surface area contributed by atoms with E-state index in [1.165, 1.54) is 13.1 Å². The lowest BCUT2D eigenvalue weighted by molar-refractivity contribution is -0.118. The van der Waals surface area contributed by atoms with E-state index in [0.29, 0.717) is 5.56 Å². The van der Waals surface area contributed by atoms with Crippen molar-refractivity contribution in [2.75, 3.05) is 6.54 Å². The number of carbonyl (C=O) groups is 1. The Morgan fingerprint density at radius 1 is 1.19 bits per heavy atom. The molecule has 6 heteroatoms. The van der Waals surface area contributed by atoms with E-state index in [1.54, 1.807) is 48.7 Å². The molecule has 1 aromatic heterocycles. The van der Waals surface area contributed by atoms with Gasteiger partial charge in [-0.1, -0.05) is 24.3 Å². The van der Waals surface area contributed by atoms with Crippen molar-refractivity contribution in [2.45, 2.75) is 17.1 Å². The molecule has 21 heavy (non-hydrogen) atoms. The average Bonchev–Trinajstić information content (AvgIpc) is 2.49. The predicted molar refractivity (Wildman–Crippen MR) is 79.3 cm³/mol. The highest BCUT2D eigenvalue weighted by Crippen LogP contribution is 2.27. The molecule has 5 nitrogen and oxygen atoms in total. The summed E-state index contributed by atoms with van der Waals surface area (Å²) in [6.07, 6.45) is 3.08. The van der Waals surface area contributed by atoms with Gasteiger partial charge in [-0.3, -0.25) is 9.78 Å². The van der Waals surface area contributed by atoms with Gasteiger partial charge < -0.3 is 5.32 Å². The first kappa shape index (κ1) is 15.2. The molecule has 0 saturated heterocycles. The minimum absolute atomic E-state index is 0.0122. The SMILES string of the molecule is CC(=O)NC[C@@H](c1cccnc1)S(=O)(=O)c1ccccc1. The molecule has 1 aromatic carbocycles. The first-order chi connectivity index (χ1) is 10.0. The van der Waals surface area contributed by atoms with Gasteiger partial charge in [-0.05, 0) is 23.8 Å². The molecule has 0 aliphatic heterocycles. The molecule has 1 heterocycles. The highest BCUT2D eigenvalue weighted by molar-refractivity contribution is 7.91. The fraction of sp³-hybridized carbons (Fsp3) is 0.200. The molecule has 0 aliphatic carbocycles. The number of carbonyl (C=O) groups excluding carboxylic acids is 1. The van der Waals surface area contributed by atoms with E-state index >= 15 is 0 Å². The molecular weight excluding hydrogens is 288 g/mol. The van der Waals surface area contributed by atoms with Crippen LogP contribution >= 0.6 is 0 Å². The van der Waals surface area contributed by atoms with Crippen molar-refractivity contribution in [1.29, 1.82) is 0 Å². The lowest BCUT2D eigenvalue weighted by Crippen LogP contribution is -2.30. The summed E-state index contributed by atoms with van der Waals surface area (Å²) in [7, 11) is -3.60. The Labute approximate surface area is 124 Å². The van der Waals surface area contributed by atoms with E-state index in [1.807, 2.05) is 0 Å². The van der Waals surface area contributed by atoms with Crippen LogP contribution in [-0.2, 0) is 14.6 Å². The molecule has 0 fully saturated rings. The van der Waals surface area contributed by atoms with Gasteiger partial charge in [-0.15, -0.1) is 0 Å². The van der Waals surface area contributed by atoms with Crippen LogP contribution in [0.15, 0.2) is 59.8 Å². The van der Waals surface area contributed by atoms with Crippen molar-refractivity contribution in [3.8, 4) is 0 Å². The van der Waals surface area contributed by atoms with Crippen molar-refractivity contribution in [2.24, 2.45) is 0 Å². The summed E-state index contributed by atoms with van der Waals surface area (Å²) in [5, 5.41) is 1.71. The van der Waals surface area contributed by atoms with Crippen molar-refractivity contribution in [1.82, 2.24) is 10.3 Å². The summed E-state index contributed by atoms with van der Waals surface area (Å²) >= 11 is 0. The number of hydrogen-bond acceptors (Lipinski definition) is 4. The van der Waals surface area contributed by atoms with Gasteiger partial charge in [0.25, 0.3) is 0 Å². The fourth-order valence-corrected chi connectivity index (χ4v) is 3.65.